The Labute approximate surface area is 95.8 Å². The van der Waals surface area contributed by atoms with Gasteiger partial charge in [-0.1, -0.05) is 11.6 Å². The zero-order valence-electron chi connectivity index (χ0n) is 8.26. The van der Waals surface area contributed by atoms with E-state index in [1.807, 2.05) is 0 Å². The van der Waals surface area contributed by atoms with Crippen molar-refractivity contribution in [3.05, 3.63) is 5.15 Å². The monoisotopic (exact) mass is 269 g/mol. The number of sulfonamides is 1. The number of aromatic nitrogens is 2. The van der Waals surface area contributed by atoms with Crippen molar-refractivity contribution in [1.29, 1.82) is 0 Å². The molecule has 1 aromatic rings. The number of nitrogens with zero attached hydrogens (tertiary/aromatic N) is 2. The Morgan fingerprint density at radius 3 is 2.62 bits per heavy atom. The van der Waals surface area contributed by atoms with Crippen LogP contribution in [-0.4, -0.2) is 36.5 Å². The minimum Gasteiger partial charge on any atom is -0.491 e. The molecular weight excluding hydrogens is 262 g/mol. The van der Waals surface area contributed by atoms with Gasteiger partial charge in [0.15, 0.2) is 10.9 Å². The van der Waals surface area contributed by atoms with Crippen molar-refractivity contribution in [2.45, 2.75) is 5.03 Å². The fourth-order valence-electron chi connectivity index (χ4n) is 1.09. The first-order valence-electron chi connectivity index (χ1n) is 3.82. The molecule has 1 heterocycles. The molecule has 0 radical (unpaired) electrons. The normalized spacial score (nSPS) is 11.2. The third kappa shape index (κ3) is 2.19. The molecule has 0 aliphatic carbocycles. The van der Waals surface area contributed by atoms with Crippen LogP contribution in [0.4, 0.5) is 4.79 Å². The van der Waals surface area contributed by atoms with Gasteiger partial charge >= 0.3 is 6.09 Å². The van der Waals surface area contributed by atoms with Crippen LogP contribution in [0.1, 0.15) is 0 Å². The van der Waals surface area contributed by atoms with Crippen molar-refractivity contribution >= 4 is 27.7 Å². The van der Waals surface area contributed by atoms with Gasteiger partial charge in [0, 0.05) is 7.05 Å². The number of methoxy groups -OCH3 is 1. The lowest BCUT2D eigenvalue weighted by molar-refractivity contribution is 0.201. The van der Waals surface area contributed by atoms with Crippen molar-refractivity contribution in [1.82, 2.24) is 14.5 Å². The van der Waals surface area contributed by atoms with E-state index in [1.165, 1.54) is 18.9 Å². The standard InChI is InChI=1S/C6H8ClN3O5S/c1-10-5(3(15-2)4(7)8-10)16(13,14)9-6(11)12/h9H,1-2H3,(H,11,12). The molecule has 0 aromatic carbocycles. The Bertz CT molecular complexity index is 523. The van der Waals surface area contributed by atoms with Gasteiger partial charge in [-0.25, -0.2) is 9.52 Å². The summed E-state index contributed by atoms with van der Waals surface area (Å²) < 4.78 is 30.1. The number of halogens is 1. The Morgan fingerprint density at radius 2 is 2.19 bits per heavy atom. The Morgan fingerprint density at radius 1 is 1.62 bits per heavy atom. The van der Waals surface area contributed by atoms with Crippen LogP contribution in [0.25, 0.3) is 0 Å². The molecule has 0 saturated carbocycles. The van der Waals surface area contributed by atoms with Crippen molar-refractivity contribution < 1.29 is 23.1 Å². The second kappa shape index (κ2) is 4.18. The Kier molecular flexibility index (Phi) is 3.29. The first-order chi connectivity index (χ1) is 7.29. The van der Waals surface area contributed by atoms with E-state index < -0.39 is 21.1 Å². The number of rotatable bonds is 3. The number of hydrogen-bond donors (Lipinski definition) is 2. The third-order valence-corrected chi connectivity index (χ3v) is 3.24. The fourth-order valence-corrected chi connectivity index (χ4v) is 2.56. The van der Waals surface area contributed by atoms with Gasteiger partial charge in [-0.05, 0) is 0 Å². The first-order valence-corrected chi connectivity index (χ1v) is 5.68. The Hall–Kier alpha value is -1.48. The molecule has 0 fully saturated rings. The quantitative estimate of drug-likeness (QED) is 0.801. The maximum absolute atomic E-state index is 11.6. The van der Waals surface area contributed by atoms with Crippen LogP contribution >= 0.6 is 11.6 Å². The van der Waals surface area contributed by atoms with E-state index in [2.05, 4.69) is 5.10 Å². The summed E-state index contributed by atoms with van der Waals surface area (Å²) in [6.07, 6.45) is -1.71. The summed E-state index contributed by atoms with van der Waals surface area (Å²) in [6, 6.07) is 0. The molecule has 8 nitrogen and oxygen atoms in total. The zero-order chi connectivity index (χ0) is 12.5. The van der Waals surface area contributed by atoms with Crippen LogP contribution in [0.2, 0.25) is 5.15 Å². The zero-order valence-corrected chi connectivity index (χ0v) is 9.83. The van der Waals surface area contributed by atoms with Crippen LogP contribution in [0.5, 0.6) is 5.75 Å². The average Bonchev–Trinajstić information content (AvgIpc) is 2.38. The number of hydrogen-bond acceptors (Lipinski definition) is 5. The minimum atomic E-state index is -4.27. The number of aryl methyl sites for hydroxylation is 1. The molecule has 1 rings (SSSR count). The van der Waals surface area contributed by atoms with Gasteiger partial charge in [0.25, 0.3) is 10.0 Å². The molecule has 2 N–H and O–H groups in total. The van der Waals surface area contributed by atoms with E-state index in [-0.39, 0.29) is 10.9 Å². The SMILES string of the molecule is COc1c(Cl)nn(C)c1S(=O)(=O)NC(=O)O. The van der Waals surface area contributed by atoms with Crippen molar-refractivity contribution in [3.63, 3.8) is 0 Å². The van der Waals surface area contributed by atoms with Gasteiger partial charge in [-0.15, -0.1) is 0 Å². The summed E-state index contributed by atoms with van der Waals surface area (Å²) in [7, 11) is -1.78. The second-order valence-electron chi connectivity index (χ2n) is 2.66. The van der Waals surface area contributed by atoms with Gasteiger partial charge in [0.05, 0.1) is 7.11 Å². The molecule has 0 unspecified atom stereocenters. The molecule has 10 heteroatoms. The molecule has 0 spiro atoms. The fraction of sp³-hybridized carbons (Fsp3) is 0.333. The highest BCUT2D eigenvalue weighted by Crippen LogP contribution is 2.30. The average molecular weight is 270 g/mol. The molecular formula is C6H8ClN3O5S. The summed E-state index contributed by atoms with van der Waals surface area (Å²) in [5.41, 5.74) is 0. The van der Waals surface area contributed by atoms with Gasteiger partial charge in [0.2, 0.25) is 5.03 Å². The van der Waals surface area contributed by atoms with Crippen LogP contribution in [-0.2, 0) is 17.1 Å². The molecule has 1 aromatic heterocycles. The molecule has 1 amide bonds. The lowest BCUT2D eigenvalue weighted by Crippen LogP contribution is -2.30. The van der Waals surface area contributed by atoms with E-state index in [4.69, 9.17) is 21.4 Å². The van der Waals surface area contributed by atoms with E-state index in [0.717, 1.165) is 4.68 Å². The van der Waals surface area contributed by atoms with Crippen LogP contribution in [0.15, 0.2) is 5.03 Å². The van der Waals surface area contributed by atoms with E-state index >= 15 is 0 Å². The Balaban J connectivity index is 3.38. The van der Waals surface area contributed by atoms with Crippen LogP contribution < -0.4 is 9.46 Å². The van der Waals surface area contributed by atoms with Crippen molar-refractivity contribution in [2.75, 3.05) is 7.11 Å². The third-order valence-electron chi connectivity index (χ3n) is 1.59. The smallest absolute Gasteiger partial charge is 0.418 e. The topological polar surface area (TPSA) is 111 Å². The summed E-state index contributed by atoms with van der Waals surface area (Å²) >= 11 is 5.60. The van der Waals surface area contributed by atoms with E-state index in [1.54, 1.807) is 0 Å². The molecule has 0 aliphatic heterocycles. The number of carboxylic acid groups (broad SMARTS) is 1. The predicted octanol–water partition coefficient (Wildman–Crippen LogP) is 0.0384. The number of carbonyl (C=O) groups is 1. The largest absolute Gasteiger partial charge is 0.491 e. The highest BCUT2D eigenvalue weighted by atomic mass is 35.5. The maximum Gasteiger partial charge on any atom is 0.418 e. The summed E-state index contributed by atoms with van der Waals surface area (Å²) in [5.74, 6) is -0.210. The van der Waals surface area contributed by atoms with Gasteiger partial charge in [-0.2, -0.15) is 13.5 Å². The molecule has 0 bridgehead atoms. The van der Waals surface area contributed by atoms with Crippen LogP contribution in [0, 0.1) is 0 Å². The van der Waals surface area contributed by atoms with Crippen molar-refractivity contribution in [3.8, 4) is 5.75 Å². The molecule has 16 heavy (non-hydrogen) atoms. The first kappa shape index (κ1) is 12.6. The lowest BCUT2D eigenvalue weighted by atomic mass is 10.6. The summed E-state index contributed by atoms with van der Waals surface area (Å²) in [5, 5.41) is 11.4. The maximum atomic E-state index is 11.6. The van der Waals surface area contributed by atoms with Crippen LogP contribution in [0.3, 0.4) is 0 Å². The van der Waals surface area contributed by atoms with E-state index in [9.17, 15) is 13.2 Å². The molecule has 0 saturated heterocycles. The van der Waals surface area contributed by atoms with Crippen molar-refractivity contribution in [2.24, 2.45) is 7.05 Å². The predicted molar refractivity (Wildman–Crippen MR) is 53.1 cm³/mol. The number of ether oxygens (including phenoxy) is 1. The highest BCUT2D eigenvalue weighted by molar-refractivity contribution is 7.90. The number of amides is 1. The second-order valence-corrected chi connectivity index (χ2v) is 4.62. The number of nitrogens with one attached hydrogen (secondary N) is 1. The highest BCUT2D eigenvalue weighted by Gasteiger charge is 2.29. The molecule has 0 aliphatic rings. The summed E-state index contributed by atoms with van der Waals surface area (Å²) in [4.78, 5) is 10.3. The minimum absolute atomic E-state index is 0.171. The van der Waals surface area contributed by atoms with Gasteiger partial charge < -0.3 is 9.84 Å². The van der Waals surface area contributed by atoms with E-state index in [0.29, 0.717) is 0 Å². The van der Waals surface area contributed by atoms with Gasteiger partial charge in [-0.3, -0.25) is 4.68 Å². The molecule has 0 atom stereocenters. The summed E-state index contributed by atoms with van der Waals surface area (Å²) in [6.45, 7) is 0. The lowest BCUT2D eigenvalue weighted by Gasteiger charge is -2.05. The van der Waals surface area contributed by atoms with Gasteiger partial charge in [0.1, 0.15) is 0 Å². The molecule has 90 valence electrons.